The number of hydrogen-bond acceptors (Lipinski definition) is 6. The average Bonchev–Trinajstić information content (AvgIpc) is 3.84. The van der Waals surface area contributed by atoms with E-state index < -0.39 is 21.7 Å². The van der Waals surface area contributed by atoms with Gasteiger partial charge in [-0.15, -0.1) is 4.36 Å². The molecule has 2 bridgehead atoms. The van der Waals surface area contributed by atoms with Crippen LogP contribution in [0.25, 0.3) is 0 Å². The van der Waals surface area contributed by atoms with Gasteiger partial charge in [-0.25, -0.2) is 4.21 Å². The van der Waals surface area contributed by atoms with Crippen LogP contribution in [-0.2, 0) is 31.3 Å². The van der Waals surface area contributed by atoms with Crippen molar-refractivity contribution in [3.05, 3.63) is 70.3 Å². The lowest BCUT2D eigenvalue weighted by atomic mass is 9.70. The fraction of sp³-hybridized carbons (Fsp3) is 0.515. The van der Waals surface area contributed by atoms with Crippen molar-refractivity contribution in [3.63, 3.8) is 0 Å². The van der Waals surface area contributed by atoms with Crippen LogP contribution in [0.5, 0.6) is 5.75 Å². The minimum absolute atomic E-state index is 0.0122. The lowest BCUT2D eigenvalue weighted by molar-refractivity contribution is -0.117. The molecule has 2 heterocycles. The number of anilines is 1. The van der Waals surface area contributed by atoms with E-state index in [0.29, 0.717) is 36.8 Å². The summed E-state index contributed by atoms with van der Waals surface area (Å²) in [5.74, 6) is 0.773. The van der Waals surface area contributed by atoms with Gasteiger partial charge in [-0.1, -0.05) is 29.8 Å². The zero-order valence-electron chi connectivity index (χ0n) is 24.6. The molecule has 0 aromatic heterocycles. The predicted molar refractivity (Wildman–Crippen MR) is 167 cm³/mol. The highest BCUT2D eigenvalue weighted by atomic mass is 35.5. The van der Waals surface area contributed by atoms with E-state index in [-0.39, 0.29) is 22.7 Å². The molecule has 2 unspecified atom stereocenters. The van der Waals surface area contributed by atoms with Crippen LogP contribution in [0, 0.1) is 17.3 Å². The van der Waals surface area contributed by atoms with Gasteiger partial charge in [0.25, 0.3) is 5.91 Å². The van der Waals surface area contributed by atoms with Gasteiger partial charge in [0.1, 0.15) is 15.7 Å². The molecule has 2 aliphatic heterocycles. The molecule has 228 valence electrons. The Morgan fingerprint density at radius 2 is 2.07 bits per heavy atom. The SMILES string of the molecule is CO[C@H]1/C=C/CCCS(=O)(NC(C)=O)=NC(=O)c2ccc3c(c2)N(C[C@@]2(CCCc4cc(Cl)ccc42)CO3)C[C@@]23CC2[C@@H]13. The molecule has 2 aromatic carbocycles. The molecule has 2 saturated carbocycles. The van der Waals surface area contributed by atoms with Crippen molar-refractivity contribution in [3.8, 4) is 5.75 Å². The number of methoxy groups -OCH3 is 1. The molecule has 3 aliphatic carbocycles. The lowest BCUT2D eigenvalue weighted by Crippen LogP contribution is -2.47. The van der Waals surface area contributed by atoms with Crippen molar-refractivity contribution in [1.29, 1.82) is 0 Å². The molecule has 7 rings (SSSR count). The maximum atomic E-state index is 13.6. The standard InChI is InChI=1S/C33H38ClN3O5S/c1-21(38)35-43(40)14-5-3-4-8-29(41-2)30-26-17-33(26,30)19-37-18-32(13-6-7-22-15-24(34)10-11-25(22)32)20-42-28-12-9-23(16-27(28)37)31(39)36-43/h4,8-12,15-16,26,29-30H,3,5-7,13-14,17-20H2,1-2H3,(H,35,36,38,39,40)/b8-4+/t26?,29-,30-,32-,33-,43?/m0/s1. The van der Waals surface area contributed by atoms with E-state index in [1.54, 1.807) is 13.2 Å². The third-order valence-corrected chi connectivity index (χ3v) is 12.4. The van der Waals surface area contributed by atoms with Crippen molar-refractivity contribution in [2.24, 2.45) is 21.6 Å². The van der Waals surface area contributed by atoms with E-state index in [2.05, 4.69) is 38.3 Å². The maximum Gasteiger partial charge on any atom is 0.286 e. The normalized spacial score (nSPS) is 35.3. The van der Waals surface area contributed by atoms with Crippen LogP contribution in [0.15, 0.2) is 52.9 Å². The Labute approximate surface area is 258 Å². The summed E-state index contributed by atoms with van der Waals surface area (Å²) in [5.41, 5.74) is 3.70. The summed E-state index contributed by atoms with van der Waals surface area (Å²) in [4.78, 5) is 27.8. The van der Waals surface area contributed by atoms with Crippen molar-refractivity contribution in [2.75, 3.05) is 37.5 Å². The minimum atomic E-state index is -3.28. The number of amides is 2. The zero-order chi connectivity index (χ0) is 30.0. The quantitative estimate of drug-likeness (QED) is 0.446. The first-order valence-electron chi connectivity index (χ1n) is 15.2. The highest BCUT2D eigenvalue weighted by Crippen LogP contribution is 2.81. The number of carbonyl (C=O) groups excluding carboxylic acids is 2. The Kier molecular flexibility index (Phi) is 7.14. The summed E-state index contributed by atoms with van der Waals surface area (Å²) in [5, 5.41) is 0.751. The fourth-order valence-corrected chi connectivity index (χ4v) is 9.81. The Balaban J connectivity index is 1.33. The summed E-state index contributed by atoms with van der Waals surface area (Å²) in [6.45, 7) is 3.41. The van der Waals surface area contributed by atoms with Gasteiger partial charge in [0.2, 0.25) is 5.91 Å². The van der Waals surface area contributed by atoms with E-state index in [1.807, 2.05) is 18.2 Å². The summed E-state index contributed by atoms with van der Waals surface area (Å²) in [7, 11) is -1.51. The number of rotatable bonds is 2. The third kappa shape index (κ3) is 5.17. The van der Waals surface area contributed by atoms with Crippen molar-refractivity contribution in [2.45, 2.75) is 57.0 Å². The first-order chi connectivity index (χ1) is 20.7. The summed E-state index contributed by atoms with van der Waals surface area (Å²) < 4.78 is 32.8. The van der Waals surface area contributed by atoms with Crippen molar-refractivity contribution >= 4 is 39.0 Å². The van der Waals surface area contributed by atoms with E-state index >= 15 is 0 Å². The summed E-state index contributed by atoms with van der Waals surface area (Å²) in [6, 6.07) is 11.6. The van der Waals surface area contributed by atoms with Crippen LogP contribution in [0.4, 0.5) is 5.69 Å². The Morgan fingerprint density at radius 3 is 2.86 bits per heavy atom. The van der Waals surface area contributed by atoms with Crippen LogP contribution >= 0.6 is 11.6 Å². The summed E-state index contributed by atoms with van der Waals surface area (Å²) >= 11 is 6.42. The number of nitrogens with one attached hydrogen (secondary N) is 1. The van der Waals surface area contributed by atoms with Crippen LogP contribution < -0.4 is 14.4 Å². The molecule has 43 heavy (non-hydrogen) atoms. The first kappa shape index (κ1) is 28.9. The van der Waals surface area contributed by atoms with E-state index in [9.17, 15) is 13.8 Å². The molecule has 8 nitrogen and oxygen atoms in total. The number of benzene rings is 2. The molecule has 10 heteroatoms. The van der Waals surface area contributed by atoms with Crippen LogP contribution in [0.2, 0.25) is 5.02 Å². The first-order valence-corrected chi connectivity index (χ1v) is 17.3. The smallest absolute Gasteiger partial charge is 0.286 e. The van der Waals surface area contributed by atoms with Crippen molar-refractivity contribution in [1.82, 2.24) is 4.72 Å². The topological polar surface area (TPSA) is 97.3 Å². The van der Waals surface area contributed by atoms with Crippen LogP contribution in [0.3, 0.4) is 0 Å². The summed E-state index contributed by atoms with van der Waals surface area (Å²) in [6.07, 6.45) is 9.59. The molecule has 2 spiro atoms. The van der Waals surface area contributed by atoms with Gasteiger partial charge in [-0.05, 0) is 97.2 Å². The minimum Gasteiger partial charge on any atom is -0.490 e. The second-order valence-electron chi connectivity index (χ2n) is 13.0. The number of hydrogen-bond donors (Lipinski definition) is 1. The predicted octanol–water partition coefficient (Wildman–Crippen LogP) is 5.47. The number of carbonyl (C=O) groups is 2. The molecule has 1 N–H and O–H groups in total. The maximum absolute atomic E-state index is 13.6. The van der Waals surface area contributed by atoms with Crippen LogP contribution in [-0.4, -0.2) is 54.7 Å². The molecular weight excluding hydrogens is 586 g/mol. The number of ether oxygens (including phenoxy) is 2. The van der Waals surface area contributed by atoms with Gasteiger partial charge in [-0.3, -0.25) is 14.3 Å². The Bertz CT molecular complexity index is 1650. The second-order valence-corrected chi connectivity index (χ2v) is 15.5. The largest absolute Gasteiger partial charge is 0.490 e. The zero-order valence-corrected chi connectivity index (χ0v) is 26.2. The van der Waals surface area contributed by atoms with E-state index in [4.69, 9.17) is 21.1 Å². The number of fused-ring (bicyclic) bond motifs is 4. The van der Waals surface area contributed by atoms with Gasteiger partial charge in [0.15, 0.2) is 0 Å². The third-order valence-electron chi connectivity index (χ3n) is 10.2. The molecule has 2 fully saturated rings. The van der Waals surface area contributed by atoms with Crippen LogP contribution in [0.1, 0.15) is 60.5 Å². The van der Waals surface area contributed by atoms with Gasteiger partial charge < -0.3 is 14.4 Å². The molecule has 2 aromatic rings. The molecule has 0 saturated heterocycles. The highest BCUT2D eigenvalue weighted by Gasteiger charge is 2.80. The lowest BCUT2D eigenvalue weighted by Gasteiger charge is -2.41. The Morgan fingerprint density at radius 1 is 1.21 bits per heavy atom. The van der Waals surface area contributed by atoms with Gasteiger partial charge in [0, 0.05) is 43.1 Å². The molecule has 2 amide bonds. The molecule has 6 atom stereocenters. The number of nitrogens with zero attached hydrogens (tertiary/aromatic N) is 2. The molecule has 5 aliphatic rings. The second kappa shape index (κ2) is 10.6. The van der Waals surface area contributed by atoms with Gasteiger partial charge >= 0.3 is 0 Å². The van der Waals surface area contributed by atoms with E-state index in [1.165, 1.54) is 24.5 Å². The number of allylic oxidation sites excluding steroid dienone is 1. The van der Waals surface area contributed by atoms with E-state index in [0.717, 1.165) is 48.8 Å². The molecular formula is C33H38ClN3O5S. The molecule has 0 radical (unpaired) electrons. The number of halogens is 1. The fourth-order valence-electron chi connectivity index (χ4n) is 7.99. The monoisotopic (exact) mass is 623 g/mol. The number of aryl methyl sites for hydroxylation is 1. The highest BCUT2D eigenvalue weighted by molar-refractivity contribution is 7.92. The Hall–Kier alpha value is -2.88. The van der Waals surface area contributed by atoms with Gasteiger partial charge in [0.05, 0.1) is 24.2 Å². The van der Waals surface area contributed by atoms with Gasteiger partial charge in [-0.2, -0.15) is 0 Å². The average molecular weight is 624 g/mol. The van der Waals surface area contributed by atoms with Crippen molar-refractivity contribution < 1.29 is 23.3 Å².